The number of nitro groups is 1. The molecule has 110 valence electrons. The molecule has 1 aliphatic rings. The number of nitro benzene ring substituents is 1. The number of hydrogen-bond donors (Lipinski definition) is 1. The minimum absolute atomic E-state index is 0.145. The van der Waals surface area contributed by atoms with E-state index in [1.54, 1.807) is 18.2 Å². The zero-order chi connectivity index (χ0) is 14.5. The molecule has 0 aliphatic heterocycles. The smallest absolute Gasteiger partial charge is 0.269 e. The van der Waals surface area contributed by atoms with Gasteiger partial charge in [-0.05, 0) is 38.2 Å². The van der Waals surface area contributed by atoms with Crippen LogP contribution in [0.5, 0.6) is 0 Å². The predicted octanol–water partition coefficient (Wildman–Crippen LogP) is 4.21. The van der Waals surface area contributed by atoms with Crippen molar-refractivity contribution < 1.29 is 4.92 Å². The van der Waals surface area contributed by atoms with Crippen LogP contribution in [-0.4, -0.2) is 11.0 Å². The lowest BCUT2D eigenvalue weighted by molar-refractivity contribution is -0.384. The van der Waals surface area contributed by atoms with Crippen LogP contribution in [0.1, 0.15) is 57.6 Å². The molecule has 0 bridgehead atoms. The van der Waals surface area contributed by atoms with Gasteiger partial charge in [-0.1, -0.05) is 31.4 Å². The summed E-state index contributed by atoms with van der Waals surface area (Å²) in [6, 6.07) is 7.54. The van der Waals surface area contributed by atoms with Gasteiger partial charge in [-0.2, -0.15) is 0 Å². The van der Waals surface area contributed by atoms with Gasteiger partial charge in [0.1, 0.15) is 0 Å². The van der Waals surface area contributed by atoms with Crippen molar-refractivity contribution in [3.63, 3.8) is 0 Å². The van der Waals surface area contributed by atoms with Crippen LogP contribution < -0.4 is 5.32 Å². The molecule has 0 spiro atoms. The van der Waals surface area contributed by atoms with Crippen molar-refractivity contribution >= 4 is 5.69 Å². The van der Waals surface area contributed by atoms with E-state index >= 15 is 0 Å². The largest absolute Gasteiger partial charge is 0.307 e. The summed E-state index contributed by atoms with van der Waals surface area (Å²) in [5.41, 5.74) is 1.16. The number of hydrogen-bond acceptors (Lipinski definition) is 3. The molecule has 1 aromatic rings. The number of non-ortho nitro benzene ring substituents is 1. The molecule has 1 N–H and O–H groups in total. The lowest BCUT2D eigenvalue weighted by Gasteiger charge is -2.30. The Labute approximate surface area is 120 Å². The summed E-state index contributed by atoms with van der Waals surface area (Å²) in [6.45, 7) is 4.32. The highest BCUT2D eigenvalue weighted by molar-refractivity contribution is 5.35. The van der Waals surface area contributed by atoms with Gasteiger partial charge < -0.3 is 5.32 Å². The summed E-state index contributed by atoms with van der Waals surface area (Å²) in [4.78, 5) is 10.5. The molecule has 20 heavy (non-hydrogen) atoms. The van der Waals surface area contributed by atoms with Crippen LogP contribution in [0.2, 0.25) is 0 Å². The number of rotatable bonds is 5. The Morgan fingerprint density at radius 2 is 1.95 bits per heavy atom. The van der Waals surface area contributed by atoms with Gasteiger partial charge in [0.15, 0.2) is 0 Å². The monoisotopic (exact) mass is 276 g/mol. The van der Waals surface area contributed by atoms with Gasteiger partial charge in [0, 0.05) is 24.2 Å². The van der Waals surface area contributed by atoms with Crippen molar-refractivity contribution in [2.75, 3.05) is 0 Å². The van der Waals surface area contributed by atoms with Gasteiger partial charge in [0.25, 0.3) is 5.69 Å². The second-order valence-electron chi connectivity index (χ2n) is 5.93. The minimum Gasteiger partial charge on any atom is -0.307 e. The van der Waals surface area contributed by atoms with Crippen molar-refractivity contribution in [1.82, 2.24) is 5.32 Å². The normalized spacial score (nSPS) is 19.5. The highest BCUT2D eigenvalue weighted by atomic mass is 16.6. The fraction of sp³-hybridized carbons (Fsp3) is 0.625. The summed E-state index contributed by atoms with van der Waals surface area (Å²) >= 11 is 0. The second-order valence-corrected chi connectivity index (χ2v) is 5.93. The van der Waals surface area contributed by atoms with Gasteiger partial charge in [-0.3, -0.25) is 10.1 Å². The lowest BCUT2D eigenvalue weighted by Crippen LogP contribution is -2.36. The summed E-state index contributed by atoms with van der Waals surface area (Å²) in [5, 5.41) is 14.4. The van der Waals surface area contributed by atoms with Gasteiger partial charge in [-0.15, -0.1) is 0 Å². The van der Waals surface area contributed by atoms with Gasteiger partial charge in [0.2, 0.25) is 0 Å². The molecule has 1 aliphatic carbocycles. The fourth-order valence-corrected chi connectivity index (χ4v) is 3.17. The zero-order valence-corrected chi connectivity index (χ0v) is 12.3. The lowest BCUT2D eigenvalue weighted by atomic mass is 9.84. The SMILES string of the molecule is CC(NC(C)C1CCCCC1)c1cccc([N+](=O)[O-])c1. The van der Waals surface area contributed by atoms with E-state index in [4.69, 9.17) is 0 Å². The third kappa shape index (κ3) is 3.79. The molecule has 2 atom stereocenters. The topological polar surface area (TPSA) is 55.2 Å². The van der Waals surface area contributed by atoms with Crippen LogP contribution in [0.4, 0.5) is 5.69 Å². The molecule has 4 heteroatoms. The van der Waals surface area contributed by atoms with E-state index in [0.717, 1.165) is 11.5 Å². The van der Waals surface area contributed by atoms with Crippen LogP contribution in [0.3, 0.4) is 0 Å². The van der Waals surface area contributed by atoms with Gasteiger partial charge >= 0.3 is 0 Å². The number of nitrogens with zero attached hydrogens (tertiary/aromatic N) is 1. The maximum Gasteiger partial charge on any atom is 0.269 e. The van der Waals surface area contributed by atoms with Crippen LogP contribution >= 0.6 is 0 Å². The molecule has 0 aromatic heterocycles. The Morgan fingerprint density at radius 1 is 1.25 bits per heavy atom. The highest BCUT2D eigenvalue weighted by Crippen LogP contribution is 2.28. The van der Waals surface area contributed by atoms with Crippen molar-refractivity contribution in [2.45, 2.75) is 58.0 Å². The summed E-state index contributed by atoms with van der Waals surface area (Å²) in [7, 11) is 0. The van der Waals surface area contributed by atoms with Crippen LogP contribution in [0.25, 0.3) is 0 Å². The molecular formula is C16H24N2O2. The first kappa shape index (κ1) is 15.0. The maximum absolute atomic E-state index is 10.8. The molecule has 1 fully saturated rings. The minimum atomic E-state index is -0.333. The van der Waals surface area contributed by atoms with Crippen LogP contribution in [0, 0.1) is 16.0 Å². The molecule has 4 nitrogen and oxygen atoms in total. The standard InChI is InChI=1S/C16H24N2O2/c1-12(14-7-4-3-5-8-14)17-13(2)15-9-6-10-16(11-15)18(19)20/h6,9-14,17H,3-5,7-8H2,1-2H3. The van der Waals surface area contributed by atoms with E-state index in [0.29, 0.717) is 6.04 Å². The first-order chi connectivity index (χ1) is 9.58. The number of nitrogens with one attached hydrogen (secondary N) is 1. The van der Waals surface area contributed by atoms with E-state index in [1.165, 1.54) is 32.1 Å². The first-order valence-electron chi connectivity index (χ1n) is 7.58. The average Bonchev–Trinajstić information content (AvgIpc) is 2.48. The first-order valence-corrected chi connectivity index (χ1v) is 7.58. The molecule has 0 radical (unpaired) electrons. The zero-order valence-electron chi connectivity index (χ0n) is 12.3. The third-order valence-electron chi connectivity index (χ3n) is 4.45. The van der Waals surface area contributed by atoms with Gasteiger partial charge in [0.05, 0.1) is 4.92 Å². The summed E-state index contributed by atoms with van der Waals surface area (Å²) in [5.74, 6) is 0.741. The fourth-order valence-electron chi connectivity index (χ4n) is 3.17. The molecule has 2 rings (SSSR count). The predicted molar refractivity (Wildman–Crippen MR) is 80.7 cm³/mol. The van der Waals surface area contributed by atoms with E-state index < -0.39 is 0 Å². The van der Waals surface area contributed by atoms with E-state index in [9.17, 15) is 10.1 Å². The van der Waals surface area contributed by atoms with E-state index in [2.05, 4.69) is 19.2 Å². The molecule has 0 saturated heterocycles. The van der Waals surface area contributed by atoms with E-state index in [-0.39, 0.29) is 16.7 Å². The Balaban J connectivity index is 1.98. The van der Waals surface area contributed by atoms with E-state index in [1.807, 2.05) is 6.07 Å². The molecule has 0 amide bonds. The quantitative estimate of drug-likeness (QED) is 0.647. The van der Waals surface area contributed by atoms with Crippen molar-refractivity contribution in [3.8, 4) is 0 Å². The van der Waals surface area contributed by atoms with Crippen LogP contribution in [-0.2, 0) is 0 Å². The van der Waals surface area contributed by atoms with Gasteiger partial charge in [-0.25, -0.2) is 0 Å². The molecule has 0 heterocycles. The van der Waals surface area contributed by atoms with Crippen molar-refractivity contribution in [2.24, 2.45) is 5.92 Å². The molecule has 2 unspecified atom stereocenters. The van der Waals surface area contributed by atoms with Crippen molar-refractivity contribution in [3.05, 3.63) is 39.9 Å². The Kier molecular flexibility index (Phi) is 5.12. The third-order valence-corrected chi connectivity index (χ3v) is 4.45. The molecule has 1 aromatic carbocycles. The number of benzene rings is 1. The van der Waals surface area contributed by atoms with Crippen molar-refractivity contribution in [1.29, 1.82) is 0 Å². The average molecular weight is 276 g/mol. The Bertz CT molecular complexity index is 456. The summed E-state index contributed by atoms with van der Waals surface area (Å²) < 4.78 is 0. The summed E-state index contributed by atoms with van der Waals surface area (Å²) in [6.07, 6.45) is 6.64. The molecule has 1 saturated carbocycles. The highest BCUT2D eigenvalue weighted by Gasteiger charge is 2.22. The Morgan fingerprint density at radius 3 is 2.60 bits per heavy atom. The Hall–Kier alpha value is -1.42. The van der Waals surface area contributed by atoms with Crippen LogP contribution in [0.15, 0.2) is 24.3 Å². The second kappa shape index (κ2) is 6.84. The molecular weight excluding hydrogens is 252 g/mol. The maximum atomic E-state index is 10.8.